The highest BCUT2D eigenvalue weighted by atomic mass is 14.3. The summed E-state index contributed by atoms with van der Waals surface area (Å²) in [6.45, 7) is 2.32. The Morgan fingerprint density at radius 2 is 2.10 bits per heavy atom. The molecule has 56 valence electrons. The van der Waals surface area contributed by atoms with Crippen molar-refractivity contribution in [3.05, 3.63) is 11.1 Å². The van der Waals surface area contributed by atoms with Gasteiger partial charge in [0.15, 0.2) is 0 Å². The molecule has 0 radical (unpaired) electrons. The van der Waals surface area contributed by atoms with Crippen molar-refractivity contribution in [3.8, 4) is 0 Å². The maximum absolute atomic E-state index is 2.32. The molecule has 0 fully saturated rings. The maximum atomic E-state index is 2.32. The number of rotatable bonds is 1. The number of hydrogen-bond acceptors (Lipinski definition) is 0. The Morgan fingerprint density at radius 3 is 2.80 bits per heavy atom. The van der Waals surface area contributed by atoms with Gasteiger partial charge in [0.1, 0.15) is 0 Å². The van der Waals surface area contributed by atoms with E-state index in [0.717, 1.165) is 5.92 Å². The lowest BCUT2D eigenvalue weighted by Crippen LogP contribution is -2.20. The second-order valence-corrected chi connectivity index (χ2v) is 3.65. The highest BCUT2D eigenvalue weighted by Gasteiger charge is 2.28. The molecule has 0 aromatic carbocycles. The Balaban J connectivity index is 2.08. The van der Waals surface area contributed by atoms with Crippen molar-refractivity contribution in [3.63, 3.8) is 0 Å². The maximum Gasteiger partial charge on any atom is -0.0166 e. The predicted molar refractivity (Wildman–Crippen MR) is 43.9 cm³/mol. The molecule has 0 nitrogen and oxygen atoms in total. The van der Waals surface area contributed by atoms with E-state index in [9.17, 15) is 0 Å². The second kappa shape index (κ2) is 2.41. The Bertz CT molecular complexity index is 165. The lowest BCUT2D eigenvalue weighted by atomic mass is 9.69. The van der Waals surface area contributed by atoms with Crippen LogP contribution in [0.1, 0.15) is 45.4 Å². The van der Waals surface area contributed by atoms with Crippen LogP contribution in [0.5, 0.6) is 0 Å². The molecule has 2 rings (SSSR count). The lowest BCUT2D eigenvalue weighted by molar-refractivity contribution is 0.434. The standard InChI is InChI=1S/C10H16/c1-2-8-7-9-5-3-4-6-10(8)9/h8H,2-7H2,1H3. The van der Waals surface area contributed by atoms with E-state index in [4.69, 9.17) is 0 Å². The molecule has 0 N–H and O–H groups in total. The minimum absolute atomic E-state index is 1.01. The fourth-order valence-electron chi connectivity index (χ4n) is 2.40. The van der Waals surface area contributed by atoms with Gasteiger partial charge in [0.2, 0.25) is 0 Å². The van der Waals surface area contributed by atoms with Crippen molar-refractivity contribution >= 4 is 0 Å². The van der Waals surface area contributed by atoms with Crippen LogP contribution in [0, 0.1) is 5.92 Å². The molecule has 0 saturated carbocycles. The van der Waals surface area contributed by atoms with Gasteiger partial charge < -0.3 is 0 Å². The normalized spacial score (nSPS) is 31.5. The molecule has 0 aromatic heterocycles. The van der Waals surface area contributed by atoms with Crippen molar-refractivity contribution in [2.75, 3.05) is 0 Å². The summed E-state index contributed by atoms with van der Waals surface area (Å²) in [5.74, 6) is 1.01. The molecule has 0 aliphatic heterocycles. The third-order valence-corrected chi connectivity index (χ3v) is 3.11. The molecular weight excluding hydrogens is 120 g/mol. The van der Waals surface area contributed by atoms with Crippen molar-refractivity contribution in [2.24, 2.45) is 5.92 Å². The number of hydrogen-bond donors (Lipinski definition) is 0. The molecule has 0 spiro atoms. The first-order valence-corrected chi connectivity index (χ1v) is 4.62. The van der Waals surface area contributed by atoms with E-state index in [1.807, 2.05) is 11.1 Å². The summed E-state index contributed by atoms with van der Waals surface area (Å²) in [4.78, 5) is 0. The molecule has 0 amide bonds. The Morgan fingerprint density at radius 1 is 1.30 bits per heavy atom. The highest BCUT2D eigenvalue weighted by molar-refractivity contribution is 5.29. The van der Waals surface area contributed by atoms with Crippen LogP contribution in [0.3, 0.4) is 0 Å². The summed E-state index contributed by atoms with van der Waals surface area (Å²) < 4.78 is 0. The van der Waals surface area contributed by atoms with E-state index in [2.05, 4.69) is 6.92 Å². The summed E-state index contributed by atoms with van der Waals surface area (Å²) in [5.41, 5.74) is 3.69. The zero-order valence-electron chi connectivity index (χ0n) is 6.82. The fourth-order valence-corrected chi connectivity index (χ4v) is 2.40. The average Bonchev–Trinajstić information content (AvgIpc) is 1.92. The van der Waals surface area contributed by atoms with Crippen molar-refractivity contribution < 1.29 is 0 Å². The smallest absolute Gasteiger partial charge is 0.0166 e. The topological polar surface area (TPSA) is 0 Å². The average molecular weight is 136 g/mol. The van der Waals surface area contributed by atoms with Gasteiger partial charge in [0.05, 0.1) is 0 Å². The van der Waals surface area contributed by atoms with Crippen LogP contribution in [0.15, 0.2) is 11.1 Å². The van der Waals surface area contributed by atoms with E-state index in [1.165, 1.54) is 38.5 Å². The summed E-state index contributed by atoms with van der Waals surface area (Å²) in [6.07, 6.45) is 8.65. The van der Waals surface area contributed by atoms with Crippen LogP contribution in [0.2, 0.25) is 0 Å². The molecule has 2 aliphatic rings. The van der Waals surface area contributed by atoms with Crippen molar-refractivity contribution in [1.29, 1.82) is 0 Å². The first kappa shape index (κ1) is 6.45. The van der Waals surface area contributed by atoms with Gasteiger partial charge >= 0.3 is 0 Å². The molecule has 1 atom stereocenters. The van der Waals surface area contributed by atoms with Gasteiger partial charge in [0, 0.05) is 0 Å². The Labute approximate surface area is 63.3 Å². The van der Waals surface area contributed by atoms with Gasteiger partial charge in [-0.1, -0.05) is 18.1 Å². The molecule has 2 aliphatic carbocycles. The molecule has 1 unspecified atom stereocenters. The van der Waals surface area contributed by atoms with Crippen LogP contribution in [-0.2, 0) is 0 Å². The van der Waals surface area contributed by atoms with Crippen LogP contribution >= 0.6 is 0 Å². The van der Waals surface area contributed by atoms with E-state index in [1.54, 1.807) is 0 Å². The zero-order chi connectivity index (χ0) is 6.97. The quantitative estimate of drug-likeness (QED) is 0.485. The predicted octanol–water partition coefficient (Wildman–Crippen LogP) is 3.29. The Kier molecular flexibility index (Phi) is 1.55. The van der Waals surface area contributed by atoms with Crippen LogP contribution in [-0.4, -0.2) is 0 Å². The summed E-state index contributed by atoms with van der Waals surface area (Å²) in [5, 5.41) is 0. The summed E-state index contributed by atoms with van der Waals surface area (Å²) in [6, 6.07) is 0. The molecule has 0 aromatic rings. The number of allylic oxidation sites excluding steroid dienone is 2. The van der Waals surface area contributed by atoms with Crippen LogP contribution < -0.4 is 0 Å². The largest absolute Gasteiger partial charge is 0.0701 e. The van der Waals surface area contributed by atoms with Crippen LogP contribution in [0.25, 0.3) is 0 Å². The zero-order valence-corrected chi connectivity index (χ0v) is 6.82. The van der Waals surface area contributed by atoms with Gasteiger partial charge in [-0.05, 0) is 44.4 Å². The Hall–Kier alpha value is -0.260. The molecule has 0 heteroatoms. The minimum Gasteiger partial charge on any atom is -0.0701 e. The molecule has 0 saturated heterocycles. The highest BCUT2D eigenvalue weighted by Crippen LogP contribution is 2.45. The SMILES string of the molecule is CCC1CC2=C1CCCC2. The third kappa shape index (κ3) is 0.817. The minimum atomic E-state index is 1.01. The monoisotopic (exact) mass is 136 g/mol. The van der Waals surface area contributed by atoms with Gasteiger partial charge in [-0.15, -0.1) is 0 Å². The molecular formula is C10H16. The van der Waals surface area contributed by atoms with E-state index < -0.39 is 0 Å². The molecule has 0 bridgehead atoms. The van der Waals surface area contributed by atoms with E-state index >= 15 is 0 Å². The summed E-state index contributed by atoms with van der Waals surface area (Å²) in [7, 11) is 0. The van der Waals surface area contributed by atoms with Crippen LogP contribution in [0.4, 0.5) is 0 Å². The van der Waals surface area contributed by atoms with Gasteiger partial charge in [-0.2, -0.15) is 0 Å². The fraction of sp³-hybridized carbons (Fsp3) is 0.800. The molecule has 10 heavy (non-hydrogen) atoms. The van der Waals surface area contributed by atoms with Crippen molar-refractivity contribution in [1.82, 2.24) is 0 Å². The van der Waals surface area contributed by atoms with Gasteiger partial charge in [0.25, 0.3) is 0 Å². The lowest BCUT2D eigenvalue weighted by Gasteiger charge is -2.36. The first-order chi connectivity index (χ1) is 4.92. The van der Waals surface area contributed by atoms with Gasteiger partial charge in [-0.25, -0.2) is 0 Å². The van der Waals surface area contributed by atoms with E-state index in [-0.39, 0.29) is 0 Å². The first-order valence-electron chi connectivity index (χ1n) is 4.62. The van der Waals surface area contributed by atoms with E-state index in [0.29, 0.717) is 0 Å². The second-order valence-electron chi connectivity index (χ2n) is 3.65. The van der Waals surface area contributed by atoms with Gasteiger partial charge in [-0.3, -0.25) is 0 Å². The van der Waals surface area contributed by atoms with Crippen molar-refractivity contribution in [2.45, 2.75) is 45.4 Å². The molecule has 0 heterocycles. The third-order valence-electron chi connectivity index (χ3n) is 3.11. The summed E-state index contributed by atoms with van der Waals surface area (Å²) >= 11 is 0.